The normalized spacial score (nSPS) is 14.4. The predicted octanol–water partition coefficient (Wildman–Crippen LogP) is 10.7. The predicted molar refractivity (Wildman–Crippen MR) is 205 cm³/mol. The summed E-state index contributed by atoms with van der Waals surface area (Å²) >= 11 is 0. The summed E-state index contributed by atoms with van der Waals surface area (Å²) in [5.41, 5.74) is 0. The van der Waals surface area contributed by atoms with E-state index in [4.69, 9.17) is 23.6 Å². The first-order valence-corrected chi connectivity index (χ1v) is 21.8. The molecule has 0 aliphatic rings. The molecule has 0 radical (unpaired) electrons. The Morgan fingerprint density at radius 1 is 0.620 bits per heavy atom. The van der Waals surface area contributed by atoms with Crippen LogP contribution in [0.15, 0.2) is 24.3 Å². The number of phosphoric ester groups is 1. The summed E-state index contributed by atoms with van der Waals surface area (Å²) in [5, 5.41) is 18.3. The van der Waals surface area contributed by atoms with Crippen LogP contribution in [-0.2, 0) is 27.9 Å². The second-order valence-corrected chi connectivity index (χ2v) is 15.1. The van der Waals surface area contributed by atoms with Gasteiger partial charge in [-0.3, -0.25) is 13.8 Å². The van der Waals surface area contributed by atoms with Crippen LogP contribution in [0.2, 0.25) is 0 Å². The Bertz CT molecular complexity index is 836. The molecule has 0 saturated heterocycles. The van der Waals surface area contributed by atoms with E-state index in [2.05, 4.69) is 38.2 Å². The maximum atomic E-state index is 12.6. The fraction of sp³-hybridized carbons (Fsp3) is 0.875. The van der Waals surface area contributed by atoms with E-state index in [1.54, 1.807) is 0 Å². The fourth-order valence-electron chi connectivity index (χ4n) is 5.50. The third-order valence-corrected chi connectivity index (χ3v) is 9.59. The summed E-state index contributed by atoms with van der Waals surface area (Å²) in [6.45, 7) is 3.48. The third-order valence-electron chi connectivity index (χ3n) is 8.64. The zero-order valence-corrected chi connectivity index (χ0v) is 33.0. The fourth-order valence-corrected chi connectivity index (χ4v) is 6.29. The second-order valence-electron chi connectivity index (χ2n) is 13.7. The van der Waals surface area contributed by atoms with Gasteiger partial charge in [-0.05, 0) is 44.9 Å². The number of esters is 1. The molecule has 0 aliphatic carbocycles. The van der Waals surface area contributed by atoms with Crippen molar-refractivity contribution in [3.8, 4) is 0 Å². The Morgan fingerprint density at radius 3 is 1.64 bits per heavy atom. The first-order chi connectivity index (χ1) is 24.3. The van der Waals surface area contributed by atoms with Crippen molar-refractivity contribution >= 4 is 13.8 Å². The molecule has 10 heteroatoms. The number of carbonyl (C=O) groups excluding carboxylic acids is 1. The van der Waals surface area contributed by atoms with Crippen LogP contribution >= 0.6 is 7.82 Å². The van der Waals surface area contributed by atoms with Crippen molar-refractivity contribution in [2.45, 2.75) is 193 Å². The van der Waals surface area contributed by atoms with Gasteiger partial charge in [0.15, 0.2) is 0 Å². The van der Waals surface area contributed by atoms with Crippen molar-refractivity contribution < 1.29 is 43.0 Å². The highest BCUT2D eigenvalue weighted by Gasteiger charge is 2.26. The first-order valence-electron chi connectivity index (χ1n) is 20.3. The molecule has 0 aromatic carbocycles. The van der Waals surface area contributed by atoms with Crippen LogP contribution in [0.3, 0.4) is 0 Å². The van der Waals surface area contributed by atoms with Crippen LogP contribution < -0.4 is 0 Å². The minimum absolute atomic E-state index is 0.0455. The number of unbranched alkanes of at least 4 members (excludes halogenated alkanes) is 21. The van der Waals surface area contributed by atoms with Gasteiger partial charge in [0, 0.05) is 13.0 Å². The number of phosphoric acid groups is 1. The molecule has 296 valence electrons. The van der Waals surface area contributed by atoms with E-state index in [0.29, 0.717) is 6.61 Å². The molecule has 0 fully saturated rings. The summed E-state index contributed by atoms with van der Waals surface area (Å²) in [7, 11) is -4.51. The lowest BCUT2D eigenvalue weighted by Gasteiger charge is -2.20. The molecule has 0 aliphatic heterocycles. The summed E-state index contributed by atoms with van der Waals surface area (Å²) < 4.78 is 33.3. The smallest absolute Gasteiger partial charge is 0.457 e. The van der Waals surface area contributed by atoms with Gasteiger partial charge in [-0.1, -0.05) is 154 Å². The Morgan fingerprint density at radius 2 is 1.08 bits per heavy atom. The van der Waals surface area contributed by atoms with Crippen molar-refractivity contribution in [2.24, 2.45) is 0 Å². The molecule has 9 nitrogen and oxygen atoms in total. The lowest BCUT2D eigenvalue weighted by atomic mass is 10.0. The van der Waals surface area contributed by atoms with E-state index >= 15 is 0 Å². The van der Waals surface area contributed by atoms with Gasteiger partial charge in [-0.15, -0.1) is 0 Å². The van der Waals surface area contributed by atoms with E-state index in [1.807, 2.05) is 0 Å². The highest BCUT2D eigenvalue weighted by Crippen LogP contribution is 2.43. The summed E-state index contributed by atoms with van der Waals surface area (Å²) in [5.74, 6) is -0.386. The minimum Gasteiger partial charge on any atom is -0.457 e. The zero-order chi connectivity index (χ0) is 36.8. The molecule has 3 N–H and O–H groups in total. The van der Waals surface area contributed by atoms with Crippen LogP contribution in [0, 0.1) is 0 Å². The first kappa shape index (κ1) is 48.9. The van der Waals surface area contributed by atoms with Crippen molar-refractivity contribution in [1.82, 2.24) is 0 Å². The zero-order valence-electron chi connectivity index (χ0n) is 32.1. The number of hydrogen-bond acceptors (Lipinski definition) is 8. The quantitative estimate of drug-likeness (QED) is 0.0244. The van der Waals surface area contributed by atoms with Crippen LogP contribution in [0.5, 0.6) is 0 Å². The van der Waals surface area contributed by atoms with Crippen molar-refractivity contribution in [1.29, 1.82) is 0 Å². The molecule has 0 spiro atoms. The number of ether oxygens (including phenoxy) is 2. The van der Waals surface area contributed by atoms with Crippen molar-refractivity contribution in [3.05, 3.63) is 24.3 Å². The van der Waals surface area contributed by atoms with E-state index in [-0.39, 0.29) is 25.6 Å². The van der Waals surface area contributed by atoms with E-state index in [0.717, 1.165) is 51.4 Å². The highest BCUT2D eigenvalue weighted by atomic mass is 31.2. The average molecular weight is 733 g/mol. The largest absolute Gasteiger partial charge is 0.472 e. The number of allylic oxidation sites excluding steroid dienone is 4. The van der Waals surface area contributed by atoms with Crippen LogP contribution in [0.4, 0.5) is 0 Å². The van der Waals surface area contributed by atoms with Gasteiger partial charge < -0.3 is 24.6 Å². The number of aliphatic hydroxyl groups excluding tert-OH is 2. The molecule has 0 heterocycles. The number of carbonyl (C=O) groups is 1. The molecular weight excluding hydrogens is 655 g/mol. The molecule has 0 rings (SSSR count). The van der Waals surface area contributed by atoms with Crippen LogP contribution in [0.25, 0.3) is 0 Å². The summed E-state index contributed by atoms with van der Waals surface area (Å²) in [6.07, 6.45) is 37.0. The number of hydrogen-bond donors (Lipinski definition) is 3. The van der Waals surface area contributed by atoms with Gasteiger partial charge in [-0.25, -0.2) is 4.57 Å². The molecular formula is C40H77O9P. The Labute approximate surface area is 306 Å². The summed E-state index contributed by atoms with van der Waals surface area (Å²) in [4.78, 5) is 22.5. The number of aliphatic hydroxyl groups is 2. The maximum absolute atomic E-state index is 12.6. The molecule has 3 atom stereocenters. The standard InChI is InChI=1S/C40H77O9P/c1-3-5-7-9-11-13-15-17-18-19-21-23-25-27-29-31-33-46-36-39(37-48-50(44,45)47-35-38(42)34-41)49-40(43)32-30-28-26-24-22-20-16-14-12-10-8-6-4-2/h11,13,17-18,38-39,41-42H,3-10,12,14-16,19-37H2,1-2H3,(H,44,45)/b13-11-,18-17-. The van der Waals surface area contributed by atoms with Gasteiger partial charge in [0.2, 0.25) is 0 Å². The minimum atomic E-state index is -4.51. The van der Waals surface area contributed by atoms with Gasteiger partial charge >= 0.3 is 13.8 Å². The molecule has 0 aromatic rings. The van der Waals surface area contributed by atoms with E-state index in [1.165, 1.54) is 109 Å². The van der Waals surface area contributed by atoms with Gasteiger partial charge in [-0.2, -0.15) is 0 Å². The molecule has 50 heavy (non-hydrogen) atoms. The van der Waals surface area contributed by atoms with E-state index in [9.17, 15) is 19.4 Å². The number of rotatable bonds is 39. The van der Waals surface area contributed by atoms with Gasteiger partial charge in [0.05, 0.1) is 26.4 Å². The average Bonchev–Trinajstić information content (AvgIpc) is 3.10. The molecule has 0 bridgehead atoms. The molecule has 0 amide bonds. The Kier molecular flexibility index (Phi) is 36.9. The Hall–Kier alpha value is -1.06. The van der Waals surface area contributed by atoms with Crippen LogP contribution in [-0.4, -0.2) is 66.3 Å². The summed E-state index contributed by atoms with van der Waals surface area (Å²) in [6, 6.07) is 0. The van der Waals surface area contributed by atoms with Crippen LogP contribution in [0.1, 0.15) is 181 Å². The monoisotopic (exact) mass is 733 g/mol. The van der Waals surface area contributed by atoms with Gasteiger partial charge in [0.25, 0.3) is 0 Å². The molecule has 0 aromatic heterocycles. The van der Waals surface area contributed by atoms with Crippen molar-refractivity contribution in [2.75, 3.05) is 33.0 Å². The Balaban J connectivity index is 4.21. The topological polar surface area (TPSA) is 132 Å². The molecule has 0 saturated carbocycles. The second kappa shape index (κ2) is 37.7. The van der Waals surface area contributed by atoms with Gasteiger partial charge in [0.1, 0.15) is 12.2 Å². The third kappa shape index (κ3) is 36.7. The lowest BCUT2D eigenvalue weighted by molar-refractivity contribution is -0.154. The van der Waals surface area contributed by atoms with Crippen molar-refractivity contribution in [3.63, 3.8) is 0 Å². The maximum Gasteiger partial charge on any atom is 0.472 e. The molecule has 3 unspecified atom stereocenters. The van der Waals surface area contributed by atoms with E-state index < -0.39 is 33.2 Å². The SMILES string of the molecule is CCCCC/C=C\C/C=C\CCCCCCCCOCC(COP(=O)(O)OCC(O)CO)OC(=O)CCCCCCCCCCCCCCC. The lowest BCUT2D eigenvalue weighted by Crippen LogP contribution is -2.29. The highest BCUT2D eigenvalue weighted by molar-refractivity contribution is 7.47.